The lowest BCUT2D eigenvalue weighted by Crippen LogP contribution is -2.39. The average molecular weight is 205 g/mol. The van der Waals surface area contributed by atoms with Gasteiger partial charge in [0.05, 0.1) is 13.2 Å². The molecule has 0 aromatic carbocycles. The van der Waals surface area contributed by atoms with Gasteiger partial charge in [-0.15, -0.1) is 0 Å². The minimum atomic E-state index is 0.882. The minimum absolute atomic E-state index is 0.882. The molecule has 0 aromatic heterocycles. The second-order valence-corrected chi connectivity index (χ2v) is 6.03. The van der Waals surface area contributed by atoms with E-state index < -0.39 is 0 Å². The van der Waals surface area contributed by atoms with Gasteiger partial charge in [0.2, 0.25) is 0 Å². The van der Waals surface area contributed by atoms with Crippen molar-refractivity contribution < 1.29 is 4.74 Å². The van der Waals surface area contributed by atoms with Crippen molar-refractivity contribution in [2.24, 2.45) is 0 Å². The molecule has 2 nitrogen and oxygen atoms in total. The Morgan fingerprint density at radius 2 is 2.17 bits per heavy atom. The molecular weight excluding hydrogens is 190 g/mol. The zero-order valence-electron chi connectivity index (χ0n) is 7.20. The van der Waals surface area contributed by atoms with Gasteiger partial charge in [0.15, 0.2) is 0 Å². The molecule has 0 radical (unpaired) electrons. The third-order valence-corrected chi connectivity index (χ3v) is 5.21. The van der Waals surface area contributed by atoms with E-state index >= 15 is 0 Å². The summed E-state index contributed by atoms with van der Waals surface area (Å²) in [6.45, 7) is 5.43. The smallest absolute Gasteiger partial charge is 0.0594 e. The molecule has 2 saturated heterocycles. The first-order valence-corrected chi connectivity index (χ1v) is 6.92. The van der Waals surface area contributed by atoms with Gasteiger partial charge in [0.1, 0.15) is 0 Å². The largest absolute Gasteiger partial charge is 0.379 e. The van der Waals surface area contributed by atoms with Gasteiger partial charge in [-0.1, -0.05) is 21.6 Å². The third-order valence-electron chi connectivity index (χ3n) is 2.29. The van der Waals surface area contributed by atoms with Crippen LogP contribution >= 0.6 is 21.6 Å². The van der Waals surface area contributed by atoms with Crippen LogP contribution in [-0.2, 0) is 4.74 Å². The number of morpholine rings is 1. The molecule has 12 heavy (non-hydrogen) atoms. The molecule has 2 heterocycles. The average Bonchev–Trinajstić information content (AvgIpc) is 2.59. The predicted molar refractivity (Wildman–Crippen MR) is 55.7 cm³/mol. The Kier molecular flexibility index (Phi) is 3.63. The highest BCUT2D eigenvalue weighted by Gasteiger charge is 2.20. The van der Waals surface area contributed by atoms with Gasteiger partial charge in [-0.2, -0.15) is 0 Å². The fourth-order valence-corrected chi connectivity index (χ4v) is 4.50. The van der Waals surface area contributed by atoms with E-state index in [1.807, 2.05) is 10.8 Å². The third kappa shape index (κ3) is 2.55. The van der Waals surface area contributed by atoms with Crippen LogP contribution < -0.4 is 0 Å². The van der Waals surface area contributed by atoms with E-state index in [2.05, 4.69) is 15.7 Å². The molecule has 4 heteroatoms. The topological polar surface area (TPSA) is 12.5 Å². The highest BCUT2D eigenvalue weighted by Crippen LogP contribution is 2.37. The standard InChI is InChI=1S/C8H15NOS2/c1-6-11-12-8(1)7-9-2-4-10-5-3-9/h8H,1-7H2. The lowest BCUT2D eigenvalue weighted by molar-refractivity contribution is 0.0382. The van der Waals surface area contributed by atoms with Crippen molar-refractivity contribution in [1.29, 1.82) is 0 Å². The molecule has 2 aliphatic heterocycles. The molecule has 0 aromatic rings. The van der Waals surface area contributed by atoms with E-state index in [-0.39, 0.29) is 0 Å². The molecule has 0 bridgehead atoms. The number of nitrogens with zero attached hydrogens (tertiary/aromatic N) is 1. The van der Waals surface area contributed by atoms with Gasteiger partial charge >= 0.3 is 0 Å². The molecule has 0 aliphatic carbocycles. The number of ether oxygens (including phenoxy) is 1. The van der Waals surface area contributed by atoms with Crippen LogP contribution in [0.25, 0.3) is 0 Å². The Hall–Kier alpha value is 0.620. The fourth-order valence-electron chi connectivity index (χ4n) is 1.57. The molecule has 2 aliphatic rings. The maximum absolute atomic E-state index is 5.31. The molecule has 0 N–H and O–H groups in total. The summed E-state index contributed by atoms with van der Waals surface area (Å²) in [6.07, 6.45) is 1.40. The maximum atomic E-state index is 5.31. The first-order valence-electron chi connectivity index (χ1n) is 4.53. The lowest BCUT2D eigenvalue weighted by atomic mass is 10.3. The Bertz CT molecular complexity index is 133. The van der Waals surface area contributed by atoms with Crippen LogP contribution in [0.4, 0.5) is 0 Å². The van der Waals surface area contributed by atoms with Crippen molar-refractivity contribution in [2.75, 3.05) is 38.6 Å². The normalized spacial score (nSPS) is 32.5. The monoisotopic (exact) mass is 205 g/mol. The molecular formula is C8H15NOS2. The first-order chi connectivity index (χ1) is 5.95. The van der Waals surface area contributed by atoms with E-state index in [1.165, 1.54) is 18.7 Å². The van der Waals surface area contributed by atoms with E-state index in [1.54, 1.807) is 0 Å². The number of hydrogen-bond acceptors (Lipinski definition) is 4. The van der Waals surface area contributed by atoms with Crippen LogP contribution in [0.3, 0.4) is 0 Å². The SMILES string of the molecule is C1CN(CC2CCSS2)CCO1. The second-order valence-electron chi connectivity index (χ2n) is 3.24. The van der Waals surface area contributed by atoms with Crippen LogP contribution in [-0.4, -0.2) is 48.8 Å². The summed E-state index contributed by atoms with van der Waals surface area (Å²) >= 11 is 0. The molecule has 0 saturated carbocycles. The summed E-state index contributed by atoms with van der Waals surface area (Å²) in [5.74, 6) is 1.35. The summed E-state index contributed by atoms with van der Waals surface area (Å²) < 4.78 is 5.31. The summed E-state index contributed by atoms with van der Waals surface area (Å²) in [5, 5.41) is 0.882. The lowest BCUT2D eigenvalue weighted by Gasteiger charge is -2.28. The summed E-state index contributed by atoms with van der Waals surface area (Å²) in [4.78, 5) is 2.53. The Balaban J connectivity index is 1.69. The van der Waals surface area contributed by atoms with Crippen molar-refractivity contribution in [2.45, 2.75) is 11.7 Å². The summed E-state index contributed by atoms with van der Waals surface area (Å²) in [6, 6.07) is 0. The first kappa shape index (κ1) is 9.19. The number of rotatable bonds is 2. The zero-order chi connectivity index (χ0) is 8.23. The molecule has 70 valence electrons. The predicted octanol–water partition coefficient (Wildman–Crippen LogP) is 1.47. The van der Waals surface area contributed by atoms with E-state index in [0.29, 0.717) is 0 Å². The minimum Gasteiger partial charge on any atom is -0.379 e. The van der Waals surface area contributed by atoms with Gasteiger partial charge in [-0.25, -0.2) is 0 Å². The van der Waals surface area contributed by atoms with Crippen molar-refractivity contribution in [3.05, 3.63) is 0 Å². The van der Waals surface area contributed by atoms with Gasteiger partial charge in [0, 0.05) is 30.6 Å². The van der Waals surface area contributed by atoms with Crippen molar-refractivity contribution >= 4 is 21.6 Å². The molecule has 2 rings (SSSR count). The van der Waals surface area contributed by atoms with Gasteiger partial charge < -0.3 is 4.74 Å². The molecule has 1 atom stereocenters. The van der Waals surface area contributed by atoms with Gasteiger partial charge in [-0.3, -0.25) is 4.90 Å². The maximum Gasteiger partial charge on any atom is 0.0594 e. The van der Waals surface area contributed by atoms with Crippen LogP contribution in [0.5, 0.6) is 0 Å². The quantitative estimate of drug-likeness (QED) is 0.633. The van der Waals surface area contributed by atoms with Crippen LogP contribution in [0, 0.1) is 0 Å². The van der Waals surface area contributed by atoms with E-state index in [9.17, 15) is 0 Å². The highest BCUT2D eigenvalue weighted by atomic mass is 33.1. The van der Waals surface area contributed by atoms with Gasteiger partial charge in [-0.05, 0) is 6.42 Å². The zero-order valence-corrected chi connectivity index (χ0v) is 8.83. The van der Waals surface area contributed by atoms with Crippen molar-refractivity contribution in [1.82, 2.24) is 4.90 Å². The summed E-state index contributed by atoms with van der Waals surface area (Å²) in [5.41, 5.74) is 0. The number of hydrogen-bond donors (Lipinski definition) is 0. The second kappa shape index (κ2) is 4.74. The van der Waals surface area contributed by atoms with E-state index in [4.69, 9.17) is 4.74 Å². The molecule has 0 spiro atoms. The Labute approximate surface area is 81.8 Å². The Morgan fingerprint density at radius 1 is 1.33 bits per heavy atom. The molecule has 0 amide bonds. The Morgan fingerprint density at radius 3 is 2.83 bits per heavy atom. The van der Waals surface area contributed by atoms with Crippen molar-refractivity contribution in [3.63, 3.8) is 0 Å². The molecule has 2 fully saturated rings. The van der Waals surface area contributed by atoms with Gasteiger partial charge in [0.25, 0.3) is 0 Å². The summed E-state index contributed by atoms with van der Waals surface area (Å²) in [7, 11) is 4.10. The van der Waals surface area contributed by atoms with Crippen LogP contribution in [0.15, 0.2) is 0 Å². The van der Waals surface area contributed by atoms with E-state index in [0.717, 1.165) is 31.6 Å². The van der Waals surface area contributed by atoms with Crippen molar-refractivity contribution in [3.8, 4) is 0 Å². The molecule has 1 unspecified atom stereocenters. The van der Waals surface area contributed by atoms with Crippen LogP contribution in [0.2, 0.25) is 0 Å². The fraction of sp³-hybridized carbons (Fsp3) is 1.00. The highest BCUT2D eigenvalue weighted by molar-refractivity contribution is 8.77. The van der Waals surface area contributed by atoms with Crippen LogP contribution in [0.1, 0.15) is 6.42 Å².